The van der Waals surface area contributed by atoms with Crippen molar-refractivity contribution in [3.63, 3.8) is 0 Å². The number of aryl methyl sites for hydroxylation is 1. The molecule has 6 nitrogen and oxygen atoms in total. The number of amides is 1. The third kappa shape index (κ3) is 4.65. The molecule has 1 amide bonds. The van der Waals surface area contributed by atoms with Crippen molar-refractivity contribution >= 4 is 11.6 Å². The molecular weight excluding hydrogens is 407 g/mol. The Balaban J connectivity index is 1.70. The van der Waals surface area contributed by atoms with Gasteiger partial charge in [0.05, 0.1) is 11.3 Å². The molecule has 4 rings (SSSR count). The highest BCUT2D eigenvalue weighted by molar-refractivity contribution is 6.08. The summed E-state index contributed by atoms with van der Waals surface area (Å²) >= 11 is 0. The van der Waals surface area contributed by atoms with Gasteiger partial charge in [0, 0.05) is 23.5 Å². The molecule has 0 aliphatic carbocycles. The highest BCUT2D eigenvalue weighted by Gasteiger charge is 2.19. The van der Waals surface area contributed by atoms with Gasteiger partial charge in [-0.1, -0.05) is 35.9 Å². The topological polar surface area (TPSA) is 79.9 Å². The van der Waals surface area contributed by atoms with Gasteiger partial charge in [0.15, 0.2) is 6.61 Å². The van der Waals surface area contributed by atoms with E-state index < -0.39 is 0 Å². The van der Waals surface area contributed by atoms with E-state index in [0.717, 1.165) is 11.1 Å². The lowest BCUT2D eigenvalue weighted by atomic mass is 10.1. The van der Waals surface area contributed by atoms with Crippen LogP contribution in [0.4, 0.5) is 10.1 Å². The molecule has 1 aromatic heterocycles. The van der Waals surface area contributed by atoms with Gasteiger partial charge in [0.25, 0.3) is 5.91 Å². The van der Waals surface area contributed by atoms with Crippen molar-refractivity contribution in [3.05, 3.63) is 95.9 Å². The molecule has 3 aromatic carbocycles. The number of nitriles is 1. The van der Waals surface area contributed by atoms with Crippen LogP contribution < -0.4 is 10.1 Å². The molecular formula is C25H19FN4O2. The Labute approximate surface area is 184 Å². The van der Waals surface area contributed by atoms with Crippen molar-refractivity contribution in [2.24, 2.45) is 0 Å². The molecule has 0 fully saturated rings. The number of hydrogen-bond donors (Lipinski definition) is 1. The summed E-state index contributed by atoms with van der Waals surface area (Å²) in [5.41, 5.74) is 3.89. The van der Waals surface area contributed by atoms with Gasteiger partial charge < -0.3 is 10.1 Å². The molecule has 0 atom stereocenters. The molecule has 0 aliphatic rings. The first-order valence-electron chi connectivity index (χ1n) is 9.87. The van der Waals surface area contributed by atoms with Crippen molar-refractivity contribution in [3.8, 4) is 28.8 Å². The van der Waals surface area contributed by atoms with Gasteiger partial charge in [-0.05, 0) is 43.3 Å². The van der Waals surface area contributed by atoms with Crippen LogP contribution in [0, 0.1) is 24.1 Å². The van der Waals surface area contributed by atoms with Crippen molar-refractivity contribution in [2.75, 3.05) is 11.9 Å². The van der Waals surface area contributed by atoms with Gasteiger partial charge in [0.1, 0.15) is 23.3 Å². The lowest BCUT2D eigenvalue weighted by Gasteiger charge is -2.08. The minimum Gasteiger partial charge on any atom is -0.479 e. The fraction of sp³-hybridized carbons (Fsp3) is 0.0800. The lowest BCUT2D eigenvalue weighted by Crippen LogP contribution is -2.12. The zero-order valence-electron chi connectivity index (χ0n) is 17.2. The number of nitrogens with one attached hydrogen (secondary N) is 1. The summed E-state index contributed by atoms with van der Waals surface area (Å²) in [5, 5.41) is 16.1. The molecule has 0 spiro atoms. The van der Waals surface area contributed by atoms with E-state index in [-0.39, 0.29) is 18.3 Å². The Kier molecular flexibility index (Phi) is 5.95. The van der Waals surface area contributed by atoms with Crippen LogP contribution in [-0.2, 0) is 0 Å². The van der Waals surface area contributed by atoms with Crippen molar-refractivity contribution < 1.29 is 13.9 Å². The lowest BCUT2D eigenvalue weighted by molar-refractivity contribution is 0.102. The summed E-state index contributed by atoms with van der Waals surface area (Å²) in [6.45, 7) is 1.90. The van der Waals surface area contributed by atoms with Crippen LogP contribution in [-0.4, -0.2) is 22.3 Å². The Bertz CT molecular complexity index is 1290. The number of rotatable bonds is 6. The van der Waals surface area contributed by atoms with Crippen molar-refractivity contribution in [1.82, 2.24) is 9.78 Å². The van der Waals surface area contributed by atoms with Gasteiger partial charge in [-0.25, -0.2) is 9.07 Å². The predicted octanol–water partition coefficient (Wildman–Crippen LogP) is 5.14. The normalized spacial score (nSPS) is 10.4. The maximum Gasteiger partial charge on any atom is 0.259 e. The number of ether oxygens (including phenoxy) is 1. The number of aromatic nitrogens is 2. The van der Waals surface area contributed by atoms with E-state index in [1.807, 2.05) is 37.3 Å². The number of hydrogen-bond acceptors (Lipinski definition) is 4. The summed E-state index contributed by atoms with van der Waals surface area (Å²) in [6, 6.07) is 22.3. The number of halogens is 1. The fourth-order valence-electron chi connectivity index (χ4n) is 3.17. The minimum atomic E-state index is -0.355. The van der Waals surface area contributed by atoms with Crippen LogP contribution in [0.3, 0.4) is 0 Å². The maximum absolute atomic E-state index is 13.3. The molecule has 0 radical (unpaired) electrons. The standard InChI is InChI=1S/C25H19FN4O2/c1-17-5-7-18(8-6-17)24-23(16-30(29-24)21-11-9-19(26)10-12-21)25(31)28-20-3-2-4-22(15-20)32-14-13-27/h2-12,15-16H,14H2,1H3,(H,28,31). The first-order chi connectivity index (χ1) is 15.5. The van der Waals surface area contributed by atoms with E-state index in [4.69, 9.17) is 10.00 Å². The monoisotopic (exact) mass is 426 g/mol. The first kappa shape index (κ1) is 20.8. The van der Waals surface area contributed by atoms with Crippen LogP contribution in [0.5, 0.6) is 5.75 Å². The SMILES string of the molecule is Cc1ccc(-c2nn(-c3ccc(F)cc3)cc2C(=O)Nc2cccc(OCC#N)c2)cc1. The van der Waals surface area contributed by atoms with Crippen LogP contribution in [0.1, 0.15) is 15.9 Å². The second-order valence-corrected chi connectivity index (χ2v) is 7.11. The highest BCUT2D eigenvalue weighted by Crippen LogP contribution is 2.26. The largest absolute Gasteiger partial charge is 0.479 e. The third-order valence-corrected chi connectivity index (χ3v) is 4.77. The molecule has 1 heterocycles. The maximum atomic E-state index is 13.3. The van der Waals surface area contributed by atoms with E-state index in [0.29, 0.717) is 28.4 Å². The Morgan fingerprint density at radius 1 is 1.12 bits per heavy atom. The number of carbonyl (C=O) groups excluding carboxylic acids is 1. The highest BCUT2D eigenvalue weighted by atomic mass is 19.1. The van der Waals surface area contributed by atoms with Crippen LogP contribution >= 0.6 is 0 Å². The van der Waals surface area contributed by atoms with E-state index in [9.17, 15) is 9.18 Å². The molecule has 0 aliphatic heterocycles. The van der Waals surface area contributed by atoms with E-state index in [2.05, 4.69) is 10.4 Å². The van der Waals surface area contributed by atoms with Crippen LogP contribution in [0.15, 0.2) is 79.0 Å². The average Bonchev–Trinajstić information content (AvgIpc) is 3.24. The predicted molar refractivity (Wildman–Crippen MR) is 119 cm³/mol. The van der Waals surface area contributed by atoms with E-state index in [1.54, 1.807) is 47.3 Å². The number of benzene rings is 3. The Hall–Kier alpha value is -4.44. The van der Waals surface area contributed by atoms with Crippen molar-refractivity contribution in [1.29, 1.82) is 5.26 Å². The molecule has 4 aromatic rings. The molecule has 0 saturated heterocycles. The summed E-state index contributed by atoms with van der Waals surface area (Å²) in [6.07, 6.45) is 1.62. The zero-order valence-corrected chi connectivity index (χ0v) is 17.2. The summed E-state index contributed by atoms with van der Waals surface area (Å²) in [4.78, 5) is 13.2. The van der Waals surface area contributed by atoms with Gasteiger partial charge in [-0.15, -0.1) is 0 Å². The van der Waals surface area contributed by atoms with Gasteiger partial charge in [-0.3, -0.25) is 4.79 Å². The molecule has 0 bridgehead atoms. The first-order valence-corrected chi connectivity index (χ1v) is 9.87. The van der Waals surface area contributed by atoms with E-state index in [1.165, 1.54) is 12.1 Å². The smallest absolute Gasteiger partial charge is 0.259 e. The Morgan fingerprint density at radius 2 is 1.88 bits per heavy atom. The summed E-state index contributed by atoms with van der Waals surface area (Å²) in [7, 11) is 0. The molecule has 158 valence electrons. The van der Waals surface area contributed by atoms with Gasteiger partial charge in [0.2, 0.25) is 0 Å². The average molecular weight is 426 g/mol. The quantitative estimate of drug-likeness (QED) is 0.463. The van der Waals surface area contributed by atoms with Crippen LogP contribution in [0.2, 0.25) is 0 Å². The summed E-state index contributed by atoms with van der Waals surface area (Å²) < 4.78 is 20.2. The fourth-order valence-corrected chi connectivity index (χ4v) is 3.17. The minimum absolute atomic E-state index is 0.0839. The molecule has 32 heavy (non-hydrogen) atoms. The number of anilines is 1. The second kappa shape index (κ2) is 9.14. The third-order valence-electron chi connectivity index (χ3n) is 4.77. The van der Waals surface area contributed by atoms with Gasteiger partial charge in [-0.2, -0.15) is 10.4 Å². The number of nitrogens with zero attached hydrogens (tertiary/aromatic N) is 3. The zero-order chi connectivity index (χ0) is 22.5. The van der Waals surface area contributed by atoms with E-state index >= 15 is 0 Å². The summed E-state index contributed by atoms with van der Waals surface area (Å²) in [5.74, 6) is -0.229. The molecule has 0 saturated carbocycles. The van der Waals surface area contributed by atoms with Gasteiger partial charge >= 0.3 is 0 Å². The number of carbonyl (C=O) groups is 1. The molecule has 1 N–H and O–H groups in total. The molecule has 0 unspecified atom stereocenters. The van der Waals surface area contributed by atoms with Crippen LogP contribution in [0.25, 0.3) is 16.9 Å². The molecule has 7 heteroatoms. The Morgan fingerprint density at radius 3 is 2.59 bits per heavy atom. The second-order valence-electron chi connectivity index (χ2n) is 7.11. The van der Waals surface area contributed by atoms with Crippen molar-refractivity contribution in [2.45, 2.75) is 6.92 Å².